The normalized spacial score (nSPS) is 47.7. The van der Waals surface area contributed by atoms with Crippen LogP contribution in [-0.2, 0) is 14.3 Å². The number of hydrogen-bond acceptors (Lipinski definition) is 3. The maximum Gasteiger partial charge on any atom is 0.293 e. The van der Waals surface area contributed by atoms with Crippen LogP contribution in [0.25, 0.3) is 0 Å². The summed E-state index contributed by atoms with van der Waals surface area (Å²) in [5.74, 6) is 0. The summed E-state index contributed by atoms with van der Waals surface area (Å²) in [4.78, 5) is 10.0. The van der Waals surface area contributed by atoms with E-state index in [4.69, 9.17) is 9.47 Å². The number of carbonyl (C=O) groups excluding carboxylic acids is 1. The van der Waals surface area contributed by atoms with E-state index in [2.05, 4.69) is 6.92 Å². The first-order valence-electron chi connectivity index (χ1n) is 4.01. The molecule has 1 heterocycles. The predicted octanol–water partition coefficient (Wildman–Crippen LogP) is 0.869. The van der Waals surface area contributed by atoms with Crippen molar-refractivity contribution in [2.45, 2.75) is 44.0 Å². The van der Waals surface area contributed by atoms with Crippen LogP contribution in [0.3, 0.4) is 0 Å². The highest BCUT2D eigenvalue weighted by atomic mass is 16.6. The van der Waals surface area contributed by atoms with Gasteiger partial charge in [-0.2, -0.15) is 0 Å². The molecule has 0 amide bonds. The van der Waals surface area contributed by atoms with Gasteiger partial charge in [0, 0.05) is 6.42 Å². The molecule has 11 heavy (non-hydrogen) atoms. The molecule has 3 unspecified atom stereocenters. The molecule has 1 saturated carbocycles. The van der Waals surface area contributed by atoms with Gasteiger partial charge in [0.1, 0.15) is 6.10 Å². The molecule has 1 aliphatic heterocycles. The van der Waals surface area contributed by atoms with E-state index in [1.54, 1.807) is 0 Å². The first kappa shape index (κ1) is 7.10. The zero-order valence-electron chi connectivity index (χ0n) is 6.58. The fraction of sp³-hybridized carbons (Fsp3) is 0.875. The number of epoxide rings is 1. The van der Waals surface area contributed by atoms with Crippen molar-refractivity contribution >= 4 is 6.47 Å². The average Bonchev–Trinajstić information content (AvgIpc) is 2.60. The summed E-state index contributed by atoms with van der Waals surface area (Å²) in [6.07, 6.45) is 3.40. The van der Waals surface area contributed by atoms with Crippen molar-refractivity contribution in [2.75, 3.05) is 0 Å². The van der Waals surface area contributed by atoms with Gasteiger partial charge in [0.25, 0.3) is 6.47 Å². The highest BCUT2D eigenvalue weighted by molar-refractivity contribution is 5.37. The summed E-state index contributed by atoms with van der Waals surface area (Å²) < 4.78 is 10.3. The summed E-state index contributed by atoms with van der Waals surface area (Å²) in [6.45, 7) is 2.62. The van der Waals surface area contributed by atoms with Crippen molar-refractivity contribution < 1.29 is 14.3 Å². The summed E-state index contributed by atoms with van der Waals surface area (Å²) in [5.41, 5.74) is 0.0337. The Kier molecular flexibility index (Phi) is 1.42. The van der Waals surface area contributed by atoms with Gasteiger partial charge in [-0.1, -0.05) is 0 Å². The Morgan fingerprint density at radius 3 is 3.09 bits per heavy atom. The zero-order chi connectivity index (χ0) is 7.90. The summed E-state index contributed by atoms with van der Waals surface area (Å²) >= 11 is 0. The van der Waals surface area contributed by atoms with Gasteiger partial charge < -0.3 is 9.47 Å². The van der Waals surface area contributed by atoms with Crippen LogP contribution in [0.2, 0.25) is 0 Å². The van der Waals surface area contributed by atoms with Crippen molar-refractivity contribution in [3.8, 4) is 0 Å². The fourth-order valence-corrected chi connectivity index (χ4v) is 1.92. The van der Waals surface area contributed by atoms with E-state index < -0.39 is 0 Å². The van der Waals surface area contributed by atoms with E-state index in [-0.39, 0.29) is 11.7 Å². The molecular weight excluding hydrogens is 144 g/mol. The SMILES string of the molecule is CC12CC(OC=O)CCC1O2. The smallest absolute Gasteiger partial charge is 0.293 e. The van der Waals surface area contributed by atoms with Crippen LogP contribution >= 0.6 is 0 Å². The van der Waals surface area contributed by atoms with Crippen LogP contribution < -0.4 is 0 Å². The first-order chi connectivity index (χ1) is 5.24. The molecule has 0 radical (unpaired) electrons. The molecule has 1 saturated heterocycles. The van der Waals surface area contributed by atoms with Gasteiger partial charge in [-0.25, -0.2) is 0 Å². The quantitative estimate of drug-likeness (QED) is 0.440. The van der Waals surface area contributed by atoms with E-state index in [1.165, 1.54) is 0 Å². The van der Waals surface area contributed by atoms with Gasteiger partial charge >= 0.3 is 0 Å². The lowest BCUT2D eigenvalue weighted by Gasteiger charge is -2.21. The largest absolute Gasteiger partial charge is 0.464 e. The minimum atomic E-state index is 0.0337. The number of fused-ring (bicyclic) bond motifs is 1. The molecule has 3 heteroatoms. The number of ether oxygens (including phenoxy) is 2. The van der Waals surface area contributed by atoms with Crippen LogP contribution in [0.5, 0.6) is 0 Å². The molecule has 1 aliphatic carbocycles. The summed E-state index contributed by atoms with van der Waals surface area (Å²) in [6, 6.07) is 0. The Morgan fingerprint density at radius 1 is 1.64 bits per heavy atom. The minimum Gasteiger partial charge on any atom is -0.464 e. The molecular formula is C8H12O3. The Labute approximate surface area is 65.7 Å². The predicted molar refractivity (Wildman–Crippen MR) is 38.1 cm³/mol. The van der Waals surface area contributed by atoms with Gasteiger partial charge in [0.05, 0.1) is 11.7 Å². The van der Waals surface area contributed by atoms with Crippen LogP contribution in [0.15, 0.2) is 0 Å². The maximum absolute atomic E-state index is 10.0. The molecule has 2 rings (SSSR count). The van der Waals surface area contributed by atoms with Gasteiger partial charge in [-0.15, -0.1) is 0 Å². The molecule has 3 atom stereocenters. The van der Waals surface area contributed by atoms with Gasteiger partial charge in [0.2, 0.25) is 0 Å². The lowest BCUT2D eigenvalue weighted by molar-refractivity contribution is -0.135. The Morgan fingerprint density at radius 2 is 2.45 bits per heavy atom. The molecule has 0 N–H and O–H groups in total. The highest BCUT2D eigenvalue weighted by Gasteiger charge is 2.56. The van der Waals surface area contributed by atoms with Crippen molar-refractivity contribution in [1.29, 1.82) is 0 Å². The van der Waals surface area contributed by atoms with Gasteiger partial charge in [-0.3, -0.25) is 4.79 Å². The van der Waals surface area contributed by atoms with Crippen LogP contribution in [0.4, 0.5) is 0 Å². The molecule has 62 valence electrons. The first-order valence-corrected chi connectivity index (χ1v) is 4.01. The van der Waals surface area contributed by atoms with E-state index in [0.29, 0.717) is 12.6 Å². The molecule has 2 aliphatic rings. The van der Waals surface area contributed by atoms with Crippen molar-refractivity contribution in [3.05, 3.63) is 0 Å². The van der Waals surface area contributed by atoms with Gasteiger partial charge in [-0.05, 0) is 19.8 Å². The van der Waals surface area contributed by atoms with Crippen LogP contribution in [0, 0.1) is 0 Å². The van der Waals surface area contributed by atoms with E-state index in [0.717, 1.165) is 19.3 Å². The van der Waals surface area contributed by atoms with Crippen molar-refractivity contribution in [3.63, 3.8) is 0 Å². The second-order valence-electron chi connectivity index (χ2n) is 3.55. The molecule has 0 spiro atoms. The molecule has 0 aromatic carbocycles. The third-order valence-electron chi connectivity index (χ3n) is 2.67. The van der Waals surface area contributed by atoms with Crippen LogP contribution in [0.1, 0.15) is 26.2 Å². The number of rotatable bonds is 2. The standard InChI is InChI=1S/C8H12O3/c1-8-4-6(10-5-9)2-3-7(8)11-8/h5-7H,2-4H2,1H3. The van der Waals surface area contributed by atoms with Crippen LogP contribution in [-0.4, -0.2) is 24.3 Å². The fourth-order valence-electron chi connectivity index (χ4n) is 1.92. The zero-order valence-corrected chi connectivity index (χ0v) is 6.58. The molecule has 3 nitrogen and oxygen atoms in total. The van der Waals surface area contributed by atoms with Crippen molar-refractivity contribution in [2.24, 2.45) is 0 Å². The molecule has 0 aromatic rings. The van der Waals surface area contributed by atoms with E-state index >= 15 is 0 Å². The monoisotopic (exact) mass is 156 g/mol. The second kappa shape index (κ2) is 2.21. The maximum atomic E-state index is 10.0. The van der Waals surface area contributed by atoms with Gasteiger partial charge in [0.15, 0.2) is 0 Å². The third-order valence-corrected chi connectivity index (χ3v) is 2.67. The van der Waals surface area contributed by atoms with E-state index in [9.17, 15) is 4.79 Å². The Hall–Kier alpha value is -0.570. The lowest BCUT2D eigenvalue weighted by atomic mass is 9.89. The third kappa shape index (κ3) is 1.13. The summed E-state index contributed by atoms with van der Waals surface area (Å²) in [7, 11) is 0. The summed E-state index contributed by atoms with van der Waals surface area (Å²) in [5, 5.41) is 0. The average molecular weight is 156 g/mol. The topological polar surface area (TPSA) is 38.8 Å². The van der Waals surface area contributed by atoms with Crippen molar-refractivity contribution in [1.82, 2.24) is 0 Å². The number of hydrogen-bond donors (Lipinski definition) is 0. The second-order valence-corrected chi connectivity index (χ2v) is 3.55. The highest BCUT2D eigenvalue weighted by Crippen LogP contribution is 2.47. The minimum absolute atomic E-state index is 0.0337. The van der Waals surface area contributed by atoms with E-state index in [1.807, 2.05) is 0 Å². The molecule has 0 bridgehead atoms. The Balaban J connectivity index is 1.91. The molecule has 2 fully saturated rings. The number of carbonyl (C=O) groups is 1. The lowest BCUT2D eigenvalue weighted by Crippen LogP contribution is -2.27. The Bertz CT molecular complexity index is 180. The molecule has 0 aromatic heterocycles.